The van der Waals surface area contributed by atoms with Crippen molar-refractivity contribution in [1.29, 1.82) is 5.26 Å². The third-order valence-electron chi connectivity index (χ3n) is 3.32. The third-order valence-corrected chi connectivity index (χ3v) is 3.32. The Balaban J connectivity index is 2.10. The molecule has 2 rings (SSSR count). The van der Waals surface area contributed by atoms with Gasteiger partial charge in [0, 0.05) is 25.0 Å². The van der Waals surface area contributed by atoms with E-state index in [1.807, 2.05) is 30.5 Å². The van der Waals surface area contributed by atoms with Gasteiger partial charge in [-0.1, -0.05) is 25.1 Å². The molecule has 1 unspecified atom stereocenters. The molecule has 0 spiro atoms. The van der Waals surface area contributed by atoms with Crippen LogP contribution in [0.1, 0.15) is 30.0 Å². The Bertz CT molecular complexity index is 578. The number of hydrogen-bond acceptors (Lipinski definition) is 2. The first-order valence-electron chi connectivity index (χ1n) is 6.61. The zero-order valence-corrected chi connectivity index (χ0v) is 11.2. The molecule has 98 valence electrons. The topological polar surface area (TPSA) is 54.7 Å². The highest BCUT2D eigenvalue weighted by molar-refractivity contribution is 5.37. The lowest BCUT2D eigenvalue weighted by Crippen LogP contribution is -2.21. The van der Waals surface area contributed by atoms with Crippen LogP contribution in [-0.4, -0.2) is 10.6 Å². The lowest BCUT2D eigenvalue weighted by atomic mass is 10.1. The summed E-state index contributed by atoms with van der Waals surface area (Å²) in [5, 5.41) is 9.08. The van der Waals surface area contributed by atoms with Crippen molar-refractivity contribution in [2.75, 3.05) is 0 Å². The first-order valence-corrected chi connectivity index (χ1v) is 6.61. The Labute approximate surface area is 114 Å². The highest BCUT2D eigenvalue weighted by atomic mass is 14.9. The van der Waals surface area contributed by atoms with E-state index < -0.39 is 0 Å². The molecule has 1 heterocycles. The summed E-state index contributed by atoms with van der Waals surface area (Å²) >= 11 is 0. The first-order chi connectivity index (χ1) is 9.22. The van der Waals surface area contributed by atoms with E-state index >= 15 is 0 Å². The SMILES string of the molecule is CCC(N)Cc1ccn(Cc2ccccc2C#N)c1. The fourth-order valence-electron chi connectivity index (χ4n) is 2.12. The van der Waals surface area contributed by atoms with Gasteiger partial charge in [-0.15, -0.1) is 0 Å². The van der Waals surface area contributed by atoms with E-state index in [9.17, 15) is 0 Å². The minimum absolute atomic E-state index is 0.224. The van der Waals surface area contributed by atoms with E-state index in [2.05, 4.69) is 29.8 Å². The predicted octanol–water partition coefficient (Wildman–Crippen LogP) is 2.69. The highest BCUT2D eigenvalue weighted by Gasteiger charge is 2.05. The average molecular weight is 253 g/mol. The molecule has 0 fully saturated rings. The summed E-state index contributed by atoms with van der Waals surface area (Å²) in [5.74, 6) is 0. The summed E-state index contributed by atoms with van der Waals surface area (Å²) in [7, 11) is 0. The molecule has 0 radical (unpaired) electrons. The van der Waals surface area contributed by atoms with E-state index in [4.69, 9.17) is 11.0 Å². The summed E-state index contributed by atoms with van der Waals surface area (Å²) in [6.45, 7) is 2.83. The van der Waals surface area contributed by atoms with Crippen LogP contribution in [0.2, 0.25) is 0 Å². The molecular weight excluding hydrogens is 234 g/mol. The van der Waals surface area contributed by atoms with Crippen LogP contribution in [0.4, 0.5) is 0 Å². The van der Waals surface area contributed by atoms with Crippen molar-refractivity contribution < 1.29 is 0 Å². The van der Waals surface area contributed by atoms with Gasteiger partial charge in [0.15, 0.2) is 0 Å². The standard InChI is InChI=1S/C16H19N3/c1-2-16(18)9-13-7-8-19(11-13)12-15-6-4-3-5-14(15)10-17/h3-8,11,16H,2,9,12,18H2,1H3. The molecule has 1 aromatic heterocycles. The molecule has 0 aliphatic carbocycles. The normalized spacial score (nSPS) is 12.1. The number of benzene rings is 1. The maximum atomic E-state index is 9.08. The summed E-state index contributed by atoms with van der Waals surface area (Å²) < 4.78 is 2.11. The van der Waals surface area contributed by atoms with Gasteiger partial charge in [0.25, 0.3) is 0 Å². The van der Waals surface area contributed by atoms with Crippen LogP contribution in [0, 0.1) is 11.3 Å². The molecule has 3 nitrogen and oxygen atoms in total. The number of nitriles is 1. The van der Waals surface area contributed by atoms with Gasteiger partial charge in [-0.3, -0.25) is 0 Å². The molecule has 0 amide bonds. The number of nitrogens with zero attached hydrogens (tertiary/aromatic N) is 2. The fraction of sp³-hybridized carbons (Fsp3) is 0.312. The molecule has 0 aliphatic rings. The number of nitrogens with two attached hydrogens (primary N) is 1. The van der Waals surface area contributed by atoms with Crippen LogP contribution < -0.4 is 5.73 Å². The van der Waals surface area contributed by atoms with E-state index in [1.165, 1.54) is 5.56 Å². The van der Waals surface area contributed by atoms with E-state index in [-0.39, 0.29) is 6.04 Å². The maximum absolute atomic E-state index is 9.08. The second-order valence-electron chi connectivity index (χ2n) is 4.83. The molecule has 0 saturated carbocycles. The second kappa shape index (κ2) is 6.21. The van der Waals surface area contributed by atoms with Crippen molar-refractivity contribution in [2.45, 2.75) is 32.4 Å². The van der Waals surface area contributed by atoms with Crippen LogP contribution in [0.5, 0.6) is 0 Å². The molecule has 0 bridgehead atoms. The monoisotopic (exact) mass is 253 g/mol. The minimum Gasteiger partial charge on any atom is -0.350 e. The zero-order valence-electron chi connectivity index (χ0n) is 11.2. The molecule has 1 atom stereocenters. The van der Waals surface area contributed by atoms with Crippen molar-refractivity contribution in [3.8, 4) is 6.07 Å². The molecule has 2 N–H and O–H groups in total. The van der Waals surface area contributed by atoms with Crippen LogP contribution >= 0.6 is 0 Å². The van der Waals surface area contributed by atoms with Gasteiger partial charge in [0.1, 0.15) is 0 Å². The molecule has 0 aliphatic heterocycles. The van der Waals surface area contributed by atoms with Crippen LogP contribution in [0.15, 0.2) is 42.7 Å². The van der Waals surface area contributed by atoms with Gasteiger partial charge in [-0.05, 0) is 36.1 Å². The van der Waals surface area contributed by atoms with Crippen molar-refractivity contribution in [3.63, 3.8) is 0 Å². The zero-order chi connectivity index (χ0) is 13.7. The first kappa shape index (κ1) is 13.4. The maximum Gasteiger partial charge on any atom is 0.0995 e. The molecule has 19 heavy (non-hydrogen) atoms. The van der Waals surface area contributed by atoms with Crippen LogP contribution in [-0.2, 0) is 13.0 Å². The lowest BCUT2D eigenvalue weighted by molar-refractivity contribution is 0.645. The summed E-state index contributed by atoms with van der Waals surface area (Å²) in [4.78, 5) is 0. The van der Waals surface area contributed by atoms with Gasteiger partial charge >= 0.3 is 0 Å². The van der Waals surface area contributed by atoms with Gasteiger partial charge in [-0.25, -0.2) is 0 Å². The van der Waals surface area contributed by atoms with Crippen molar-refractivity contribution in [2.24, 2.45) is 5.73 Å². The Morgan fingerprint density at radius 2 is 2.11 bits per heavy atom. The predicted molar refractivity (Wildman–Crippen MR) is 76.7 cm³/mol. The molecule has 1 aromatic carbocycles. The van der Waals surface area contributed by atoms with Crippen LogP contribution in [0.25, 0.3) is 0 Å². The Morgan fingerprint density at radius 3 is 2.84 bits per heavy atom. The van der Waals surface area contributed by atoms with Crippen molar-refractivity contribution in [1.82, 2.24) is 4.57 Å². The fourth-order valence-corrected chi connectivity index (χ4v) is 2.12. The largest absolute Gasteiger partial charge is 0.350 e. The average Bonchev–Trinajstić information content (AvgIpc) is 2.86. The summed E-state index contributed by atoms with van der Waals surface area (Å²) in [6.07, 6.45) is 6.06. The van der Waals surface area contributed by atoms with Gasteiger partial charge in [-0.2, -0.15) is 5.26 Å². The van der Waals surface area contributed by atoms with Crippen molar-refractivity contribution >= 4 is 0 Å². The minimum atomic E-state index is 0.224. The number of aromatic nitrogens is 1. The highest BCUT2D eigenvalue weighted by Crippen LogP contribution is 2.12. The third kappa shape index (κ3) is 3.46. The Morgan fingerprint density at radius 1 is 1.32 bits per heavy atom. The number of hydrogen-bond donors (Lipinski definition) is 1. The summed E-state index contributed by atoms with van der Waals surface area (Å²) in [5.41, 5.74) is 9.00. The molecule has 2 aromatic rings. The van der Waals surface area contributed by atoms with Crippen LogP contribution in [0.3, 0.4) is 0 Å². The van der Waals surface area contributed by atoms with Gasteiger partial charge in [0.05, 0.1) is 11.6 Å². The Kier molecular flexibility index (Phi) is 4.38. The Hall–Kier alpha value is -2.05. The second-order valence-corrected chi connectivity index (χ2v) is 4.83. The molecule has 0 saturated heterocycles. The van der Waals surface area contributed by atoms with Gasteiger partial charge in [0.2, 0.25) is 0 Å². The van der Waals surface area contributed by atoms with E-state index in [0.29, 0.717) is 0 Å². The molecular formula is C16H19N3. The summed E-state index contributed by atoms with van der Waals surface area (Å²) in [6, 6.07) is 12.3. The quantitative estimate of drug-likeness (QED) is 0.890. The van der Waals surface area contributed by atoms with Crippen molar-refractivity contribution in [3.05, 3.63) is 59.4 Å². The smallest absolute Gasteiger partial charge is 0.0995 e. The number of rotatable bonds is 5. The van der Waals surface area contributed by atoms with Gasteiger partial charge < -0.3 is 10.3 Å². The van der Waals surface area contributed by atoms with E-state index in [0.717, 1.165) is 30.5 Å². The molecule has 3 heteroatoms. The lowest BCUT2D eigenvalue weighted by Gasteiger charge is -2.07. The van der Waals surface area contributed by atoms with E-state index in [1.54, 1.807) is 0 Å².